The molecule has 134 valence electrons. The highest BCUT2D eigenvalue weighted by molar-refractivity contribution is 9.10. The molecule has 4 nitrogen and oxygen atoms in total. The molecule has 2 aromatic carbocycles. The minimum absolute atomic E-state index is 0.0137. The van der Waals surface area contributed by atoms with Gasteiger partial charge in [0.1, 0.15) is 5.71 Å². The number of carbonyl (C=O) groups excluding carboxylic acids is 1. The first-order chi connectivity index (χ1) is 12.6. The molecule has 0 bridgehead atoms. The number of nitrogens with one attached hydrogen (secondary N) is 1. The van der Waals surface area contributed by atoms with E-state index in [1.165, 1.54) is 17.7 Å². The Kier molecular flexibility index (Phi) is 4.92. The molecule has 26 heavy (non-hydrogen) atoms. The van der Waals surface area contributed by atoms with E-state index in [1.807, 2.05) is 53.4 Å². The Morgan fingerprint density at radius 2 is 1.96 bits per heavy atom. The summed E-state index contributed by atoms with van der Waals surface area (Å²) in [6, 6.07) is 15.7. The van der Waals surface area contributed by atoms with Gasteiger partial charge in [0.05, 0.1) is 24.5 Å². The lowest BCUT2D eigenvalue weighted by molar-refractivity contribution is -0.907. The van der Waals surface area contributed by atoms with Gasteiger partial charge in [-0.15, -0.1) is 0 Å². The van der Waals surface area contributed by atoms with Gasteiger partial charge in [-0.3, -0.25) is 9.69 Å². The summed E-state index contributed by atoms with van der Waals surface area (Å²) in [4.78, 5) is 21.2. The fourth-order valence-corrected chi connectivity index (χ4v) is 4.20. The third kappa shape index (κ3) is 3.46. The second-order valence-corrected chi connectivity index (χ2v) is 8.21. The van der Waals surface area contributed by atoms with E-state index in [0.29, 0.717) is 5.71 Å². The molecule has 0 saturated carbocycles. The minimum Gasteiger partial charge on any atom is -0.317 e. The smallest absolute Gasteiger partial charge is 0.281 e. The Bertz CT molecular complexity index is 847. The number of para-hydroxylation sites is 1. The van der Waals surface area contributed by atoms with Gasteiger partial charge < -0.3 is 4.90 Å². The van der Waals surface area contributed by atoms with E-state index >= 15 is 0 Å². The second-order valence-electron chi connectivity index (χ2n) is 7.30. The lowest BCUT2D eigenvalue weighted by Crippen LogP contribution is -3.15. The molecule has 0 aliphatic carbocycles. The Morgan fingerprint density at radius 3 is 2.73 bits per heavy atom. The number of fused-ring (bicyclic) bond motifs is 1. The van der Waals surface area contributed by atoms with Crippen LogP contribution in [0.1, 0.15) is 25.3 Å². The number of rotatable bonds is 3. The van der Waals surface area contributed by atoms with E-state index in [2.05, 4.69) is 27.8 Å². The summed E-state index contributed by atoms with van der Waals surface area (Å²) in [5, 5.41) is 0. The van der Waals surface area contributed by atoms with Crippen LogP contribution in [0.4, 0.5) is 11.4 Å². The summed E-state index contributed by atoms with van der Waals surface area (Å²) in [6.07, 6.45) is 2.53. The maximum Gasteiger partial charge on any atom is 0.281 e. The van der Waals surface area contributed by atoms with Crippen molar-refractivity contribution in [1.82, 2.24) is 0 Å². The van der Waals surface area contributed by atoms with Crippen molar-refractivity contribution in [2.24, 2.45) is 10.9 Å². The summed E-state index contributed by atoms with van der Waals surface area (Å²) in [5.74, 6) is 0.738. The van der Waals surface area contributed by atoms with Crippen molar-refractivity contribution in [3.63, 3.8) is 0 Å². The maximum absolute atomic E-state index is 13.2. The molecule has 1 amide bonds. The highest BCUT2D eigenvalue weighted by Crippen LogP contribution is 2.30. The van der Waals surface area contributed by atoms with Crippen LogP contribution in [0, 0.1) is 5.92 Å². The van der Waals surface area contributed by atoms with Crippen LogP contribution in [0.15, 0.2) is 58.0 Å². The van der Waals surface area contributed by atoms with Gasteiger partial charge in [-0.1, -0.05) is 41.1 Å². The zero-order valence-corrected chi connectivity index (χ0v) is 16.5. The zero-order chi connectivity index (χ0) is 18.1. The number of amides is 1. The van der Waals surface area contributed by atoms with E-state index in [0.717, 1.165) is 47.1 Å². The topological polar surface area (TPSA) is 37.1 Å². The number of anilines is 1. The van der Waals surface area contributed by atoms with E-state index in [4.69, 9.17) is 0 Å². The lowest BCUT2D eigenvalue weighted by atomic mass is 10.0. The average Bonchev–Trinajstić information content (AvgIpc) is 2.90. The largest absolute Gasteiger partial charge is 0.317 e. The van der Waals surface area contributed by atoms with Gasteiger partial charge >= 0.3 is 0 Å². The molecule has 0 spiro atoms. The molecule has 5 heteroatoms. The third-order valence-corrected chi connectivity index (χ3v) is 5.74. The van der Waals surface area contributed by atoms with Crippen molar-refractivity contribution in [3.05, 3.63) is 58.6 Å². The van der Waals surface area contributed by atoms with Crippen LogP contribution >= 0.6 is 15.9 Å². The predicted octanol–water partition coefficient (Wildman–Crippen LogP) is 3.19. The van der Waals surface area contributed by atoms with Gasteiger partial charge in [-0.2, -0.15) is 0 Å². The van der Waals surface area contributed by atoms with Gasteiger partial charge in [-0.25, -0.2) is 4.99 Å². The van der Waals surface area contributed by atoms with Crippen molar-refractivity contribution >= 4 is 38.9 Å². The van der Waals surface area contributed by atoms with Crippen molar-refractivity contribution < 1.29 is 9.69 Å². The van der Waals surface area contributed by atoms with Crippen molar-refractivity contribution in [3.8, 4) is 0 Å². The van der Waals surface area contributed by atoms with Gasteiger partial charge in [0.2, 0.25) is 0 Å². The Hall–Kier alpha value is -1.98. The monoisotopic (exact) mass is 412 g/mol. The van der Waals surface area contributed by atoms with E-state index in [-0.39, 0.29) is 5.91 Å². The molecule has 2 unspecified atom stereocenters. The number of halogens is 1. The number of hydrogen-bond donors (Lipinski definition) is 1. The molecular weight excluding hydrogens is 390 g/mol. The fourth-order valence-electron chi connectivity index (χ4n) is 3.94. The number of hydrogen-bond acceptors (Lipinski definition) is 2. The van der Waals surface area contributed by atoms with E-state index in [9.17, 15) is 4.79 Å². The molecule has 2 aliphatic rings. The highest BCUT2D eigenvalue weighted by atomic mass is 79.9. The number of aliphatic imine (C=N–C) groups is 1. The van der Waals surface area contributed by atoms with Crippen molar-refractivity contribution in [2.75, 3.05) is 24.7 Å². The van der Waals surface area contributed by atoms with Crippen LogP contribution in [0.25, 0.3) is 0 Å². The molecule has 4 rings (SSSR count). The third-order valence-electron chi connectivity index (χ3n) is 5.21. The fraction of sp³-hybridized carbons (Fsp3) is 0.333. The summed E-state index contributed by atoms with van der Waals surface area (Å²) in [5.41, 5.74) is 3.27. The quantitative estimate of drug-likeness (QED) is 0.825. The standard InChI is InChI=1S/C21H22BrN3O/c1-15-5-4-12-24(13-15)14-25-19-7-3-2-6-18(19)20(21(25)26)23-17-10-8-16(22)9-11-17/h2-3,6-11,15H,4-5,12-14H2,1H3/p+1. The summed E-state index contributed by atoms with van der Waals surface area (Å²) in [6.45, 7) is 5.29. The number of quaternary nitrogens is 1. The number of nitrogens with zero attached hydrogens (tertiary/aromatic N) is 2. The molecule has 2 heterocycles. The summed E-state index contributed by atoms with van der Waals surface area (Å²) < 4.78 is 1.00. The second kappa shape index (κ2) is 7.33. The Labute approximate surface area is 162 Å². The summed E-state index contributed by atoms with van der Waals surface area (Å²) in [7, 11) is 0. The van der Waals surface area contributed by atoms with Crippen LogP contribution in [-0.4, -0.2) is 31.4 Å². The van der Waals surface area contributed by atoms with Crippen molar-refractivity contribution in [1.29, 1.82) is 0 Å². The van der Waals surface area contributed by atoms with Gasteiger partial charge in [-0.05, 0) is 43.2 Å². The van der Waals surface area contributed by atoms with Crippen molar-refractivity contribution in [2.45, 2.75) is 19.8 Å². The van der Waals surface area contributed by atoms with E-state index in [1.54, 1.807) is 0 Å². The molecule has 2 aromatic rings. The number of carbonyl (C=O) groups is 1. The Balaban J connectivity index is 1.65. The predicted molar refractivity (Wildman–Crippen MR) is 108 cm³/mol. The van der Waals surface area contributed by atoms with Crippen LogP contribution in [0.3, 0.4) is 0 Å². The van der Waals surface area contributed by atoms with E-state index < -0.39 is 0 Å². The first-order valence-electron chi connectivity index (χ1n) is 9.21. The maximum atomic E-state index is 13.2. The first-order valence-corrected chi connectivity index (χ1v) is 10.00. The molecule has 0 aromatic heterocycles. The minimum atomic E-state index is 0.0137. The number of piperidine rings is 1. The first kappa shape index (κ1) is 17.4. The molecular formula is C21H23BrN3O+. The van der Waals surface area contributed by atoms with Gasteiger partial charge in [0.15, 0.2) is 6.67 Å². The summed E-state index contributed by atoms with van der Waals surface area (Å²) >= 11 is 3.44. The zero-order valence-electron chi connectivity index (χ0n) is 14.9. The number of likely N-dealkylation sites (tertiary alicyclic amines) is 1. The molecule has 1 fully saturated rings. The van der Waals surface area contributed by atoms with Gasteiger partial charge in [0.25, 0.3) is 5.91 Å². The highest BCUT2D eigenvalue weighted by Gasteiger charge is 2.36. The molecule has 1 N–H and O–H groups in total. The normalized spacial score (nSPS) is 24.2. The van der Waals surface area contributed by atoms with Crippen LogP contribution in [-0.2, 0) is 4.79 Å². The SMILES string of the molecule is CC1CCC[NH+](CN2C(=O)C(=Nc3ccc(Br)cc3)c3ccccc32)C1. The average molecular weight is 413 g/mol. The van der Waals surface area contributed by atoms with Crippen LogP contribution in [0.5, 0.6) is 0 Å². The lowest BCUT2D eigenvalue weighted by Gasteiger charge is -2.31. The van der Waals surface area contributed by atoms with Gasteiger partial charge in [0, 0.05) is 16.0 Å². The molecule has 0 radical (unpaired) electrons. The Morgan fingerprint density at radius 1 is 1.19 bits per heavy atom. The van der Waals surface area contributed by atoms with Crippen LogP contribution in [0.2, 0.25) is 0 Å². The molecule has 2 aliphatic heterocycles. The van der Waals surface area contributed by atoms with Crippen LogP contribution < -0.4 is 9.80 Å². The number of benzene rings is 2. The molecule has 1 saturated heterocycles. The molecule has 2 atom stereocenters.